The molecule has 1 aliphatic heterocycles. The van der Waals surface area contributed by atoms with Crippen molar-refractivity contribution in [1.29, 1.82) is 0 Å². The lowest BCUT2D eigenvalue weighted by Gasteiger charge is -2.54. The number of fused-ring (bicyclic) bond motifs is 4. The van der Waals surface area contributed by atoms with Crippen LogP contribution in [0.2, 0.25) is 0 Å². The van der Waals surface area contributed by atoms with Crippen LogP contribution in [0.15, 0.2) is 18.2 Å². The number of aromatic hydroxyl groups is 1. The van der Waals surface area contributed by atoms with Crippen molar-refractivity contribution in [2.75, 3.05) is 13.1 Å². The molecule has 1 aliphatic carbocycles. The van der Waals surface area contributed by atoms with Gasteiger partial charge in [-0.25, -0.2) is 0 Å². The zero-order valence-electron chi connectivity index (χ0n) is 12.3. The highest BCUT2D eigenvalue weighted by Gasteiger charge is 2.48. The molecule has 3 rings (SSSR count). The molecular formula is C17H25NO. The van der Waals surface area contributed by atoms with Gasteiger partial charge in [0.05, 0.1) is 0 Å². The lowest BCUT2D eigenvalue weighted by atomic mass is 9.59. The largest absolute Gasteiger partial charge is 0.508 e. The summed E-state index contributed by atoms with van der Waals surface area (Å²) < 4.78 is 0. The molecule has 1 saturated heterocycles. The molecule has 0 spiro atoms. The van der Waals surface area contributed by atoms with Gasteiger partial charge >= 0.3 is 0 Å². The molecule has 2 nitrogen and oxygen atoms in total. The second-order valence-electron chi connectivity index (χ2n) is 6.61. The van der Waals surface area contributed by atoms with Gasteiger partial charge in [-0.15, -0.1) is 0 Å². The van der Waals surface area contributed by atoms with Crippen LogP contribution in [-0.2, 0) is 11.8 Å². The SMILES string of the molecule is CCCN1CC[C@@]2(C)c3cc(O)ccc3C[C@H]1[C@H]2C. The second kappa shape index (κ2) is 4.52. The highest BCUT2D eigenvalue weighted by Crippen LogP contribution is 2.49. The zero-order chi connectivity index (χ0) is 13.6. The molecule has 2 heteroatoms. The molecule has 0 unspecified atom stereocenters. The quantitative estimate of drug-likeness (QED) is 0.880. The summed E-state index contributed by atoms with van der Waals surface area (Å²) in [6.07, 6.45) is 3.59. The minimum atomic E-state index is 0.237. The van der Waals surface area contributed by atoms with E-state index in [1.54, 1.807) is 0 Å². The van der Waals surface area contributed by atoms with Gasteiger partial charge in [-0.1, -0.05) is 26.8 Å². The minimum absolute atomic E-state index is 0.237. The Morgan fingerprint density at radius 2 is 2.21 bits per heavy atom. The number of phenolic OH excluding ortho intramolecular Hbond substituents is 1. The first-order chi connectivity index (χ1) is 9.06. The molecule has 0 radical (unpaired) electrons. The third kappa shape index (κ3) is 1.88. The Kier molecular flexibility index (Phi) is 3.09. The van der Waals surface area contributed by atoms with Gasteiger partial charge in [-0.3, -0.25) is 4.90 Å². The summed E-state index contributed by atoms with van der Waals surface area (Å²) in [4.78, 5) is 2.68. The molecule has 1 aromatic rings. The highest BCUT2D eigenvalue weighted by molar-refractivity contribution is 5.44. The Bertz CT molecular complexity index is 484. The molecule has 1 fully saturated rings. The van der Waals surface area contributed by atoms with Crippen molar-refractivity contribution >= 4 is 0 Å². The highest BCUT2D eigenvalue weighted by atomic mass is 16.3. The Balaban J connectivity index is 2.03. The fraction of sp³-hybridized carbons (Fsp3) is 0.647. The number of hydrogen-bond acceptors (Lipinski definition) is 2. The lowest BCUT2D eigenvalue weighted by Crippen LogP contribution is -2.57. The number of benzene rings is 1. The Morgan fingerprint density at radius 1 is 1.42 bits per heavy atom. The topological polar surface area (TPSA) is 23.5 Å². The van der Waals surface area contributed by atoms with Crippen LogP contribution in [0.25, 0.3) is 0 Å². The maximum absolute atomic E-state index is 9.81. The Labute approximate surface area is 116 Å². The van der Waals surface area contributed by atoms with Crippen molar-refractivity contribution < 1.29 is 5.11 Å². The van der Waals surface area contributed by atoms with Crippen molar-refractivity contribution in [2.45, 2.75) is 51.5 Å². The van der Waals surface area contributed by atoms with Crippen molar-refractivity contribution in [3.05, 3.63) is 29.3 Å². The van der Waals surface area contributed by atoms with Crippen LogP contribution in [-0.4, -0.2) is 29.1 Å². The molecule has 3 atom stereocenters. The number of phenols is 1. The predicted molar refractivity (Wildman–Crippen MR) is 78.6 cm³/mol. The molecule has 0 saturated carbocycles. The standard InChI is InChI=1S/C17H25NO/c1-4-8-18-9-7-17(3)12(2)16(18)10-13-5-6-14(19)11-15(13)17/h5-6,11-12,16,19H,4,7-10H2,1-3H3/t12-,16+,17-/m1/s1. The van der Waals surface area contributed by atoms with Crippen molar-refractivity contribution in [1.82, 2.24) is 4.90 Å². The van der Waals surface area contributed by atoms with E-state index in [0.717, 1.165) is 6.42 Å². The average molecular weight is 259 g/mol. The van der Waals surface area contributed by atoms with Crippen LogP contribution in [0.1, 0.15) is 44.7 Å². The third-order valence-electron chi connectivity index (χ3n) is 5.62. The van der Waals surface area contributed by atoms with Gasteiger partial charge in [0.15, 0.2) is 0 Å². The van der Waals surface area contributed by atoms with Crippen molar-refractivity contribution in [3.8, 4) is 5.75 Å². The van der Waals surface area contributed by atoms with Crippen molar-refractivity contribution in [3.63, 3.8) is 0 Å². The Morgan fingerprint density at radius 3 is 2.95 bits per heavy atom. The van der Waals surface area contributed by atoms with Crippen LogP contribution in [0, 0.1) is 5.92 Å². The van der Waals surface area contributed by atoms with Gasteiger partial charge in [-0.2, -0.15) is 0 Å². The molecule has 19 heavy (non-hydrogen) atoms. The van der Waals surface area contributed by atoms with E-state index in [4.69, 9.17) is 0 Å². The van der Waals surface area contributed by atoms with Gasteiger partial charge in [0.1, 0.15) is 5.75 Å². The predicted octanol–water partition coefficient (Wildman–Crippen LogP) is 3.33. The molecule has 1 aromatic carbocycles. The van der Waals surface area contributed by atoms with E-state index >= 15 is 0 Å². The maximum atomic E-state index is 9.81. The Hall–Kier alpha value is -1.02. The summed E-state index contributed by atoms with van der Waals surface area (Å²) in [5.74, 6) is 1.09. The van der Waals surface area contributed by atoms with Gasteiger partial charge in [0.25, 0.3) is 0 Å². The minimum Gasteiger partial charge on any atom is -0.508 e. The van der Waals surface area contributed by atoms with Crippen LogP contribution >= 0.6 is 0 Å². The third-order valence-corrected chi connectivity index (χ3v) is 5.62. The number of rotatable bonds is 2. The fourth-order valence-corrected chi connectivity index (χ4v) is 4.26. The first-order valence-corrected chi connectivity index (χ1v) is 7.62. The summed E-state index contributed by atoms with van der Waals surface area (Å²) in [7, 11) is 0. The fourth-order valence-electron chi connectivity index (χ4n) is 4.26. The summed E-state index contributed by atoms with van der Waals surface area (Å²) in [6.45, 7) is 9.49. The van der Waals surface area contributed by atoms with E-state index < -0.39 is 0 Å². The van der Waals surface area contributed by atoms with Crippen LogP contribution in [0.3, 0.4) is 0 Å². The zero-order valence-corrected chi connectivity index (χ0v) is 12.3. The maximum Gasteiger partial charge on any atom is 0.115 e. The first-order valence-electron chi connectivity index (χ1n) is 7.62. The lowest BCUT2D eigenvalue weighted by molar-refractivity contribution is 0.0315. The van der Waals surface area contributed by atoms with E-state index in [2.05, 4.69) is 31.7 Å². The molecule has 1 N–H and O–H groups in total. The van der Waals surface area contributed by atoms with Crippen molar-refractivity contribution in [2.24, 2.45) is 5.92 Å². The number of likely N-dealkylation sites (tertiary alicyclic amines) is 1. The average Bonchev–Trinajstić information content (AvgIpc) is 2.38. The first kappa shape index (κ1) is 13.0. The van der Waals surface area contributed by atoms with E-state index in [1.165, 1.54) is 37.1 Å². The number of hydrogen-bond donors (Lipinski definition) is 1. The summed E-state index contributed by atoms with van der Waals surface area (Å²) in [6, 6.07) is 6.67. The van der Waals surface area contributed by atoms with Crippen LogP contribution in [0.5, 0.6) is 5.75 Å². The van der Waals surface area contributed by atoms with Crippen LogP contribution in [0.4, 0.5) is 0 Å². The second-order valence-corrected chi connectivity index (χ2v) is 6.61. The van der Waals surface area contributed by atoms with Gasteiger partial charge < -0.3 is 5.11 Å². The number of nitrogens with zero attached hydrogens (tertiary/aromatic N) is 1. The van der Waals surface area contributed by atoms with Crippen LogP contribution < -0.4 is 0 Å². The molecule has 104 valence electrons. The molecule has 2 bridgehead atoms. The van der Waals surface area contributed by atoms with E-state index in [1.807, 2.05) is 12.1 Å². The number of piperidine rings is 1. The van der Waals surface area contributed by atoms with Gasteiger partial charge in [0.2, 0.25) is 0 Å². The van der Waals surface area contributed by atoms with Gasteiger partial charge in [0, 0.05) is 6.04 Å². The molecule has 0 amide bonds. The monoisotopic (exact) mass is 259 g/mol. The van der Waals surface area contributed by atoms with E-state index in [0.29, 0.717) is 17.7 Å². The summed E-state index contributed by atoms with van der Waals surface area (Å²) >= 11 is 0. The smallest absolute Gasteiger partial charge is 0.115 e. The molecule has 0 aromatic heterocycles. The van der Waals surface area contributed by atoms with E-state index in [9.17, 15) is 5.11 Å². The molecule has 1 heterocycles. The molecular weight excluding hydrogens is 234 g/mol. The van der Waals surface area contributed by atoms with E-state index in [-0.39, 0.29) is 5.41 Å². The summed E-state index contributed by atoms with van der Waals surface area (Å²) in [5.41, 5.74) is 3.08. The molecule has 2 aliphatic rings. The summed E-state index contributed by atoms with van der Waals surface area (Å²) in [5, 5.41) is 9.81. The van der Waals surface area contributed by atoms with Gasteiger partial charge in [-0.05, 0) is 66.9 Å². The normalized spacial score (nSPS) is 34.1.